The van der Waals surface area contributed by atoms with Crippen LogP contribution in [0.15, 0.2) is 54.6 Å². The number of thiocarbonyl (C=S) groups is 1. The summed E-state index contributed by atoms with van der Waals surface area (Å²) < 4.78 is 0. The van der Waals surface area contributed by atoms with Crippen molar-refractivity contribution in [2.24, 2.45) is 0 Å². The van der Waals surface area contributed by atoms with Gasteiger partial charge in [0.2, 0.25) is 0 Å². The lowest BCUT2D eigenvalue weighted by Gasteiger charge is -2.25. The van der Waals surface area contributed by atoms with Gasteiger partial charge in [0.25, 0.3) is 0 Å². The van der Waals surface area contributed by atoms with Crippen molar-refractivity contribution in [3.05, 3.63) is 65.2 Å². The smallest absolute Gasteiger partial charge is 0.170 e. The van der Waals surface area contributed by atoms with E-state index in [9.17, 15) is 0 Å². The Labute approximate surface area is 142 Å². The van der Waals surface area contributed by atoms with Gasteiger partial charge in [0, 0.05) is 17.3 Å². The Balaban J connectivity index is 1.92. The molecule has 1 unspecified atom stereocenters. The van der Waals surface area contributed by atoms with E-state index in [-0.39, 0.29) is 6.04 Å². The fourth-order valence-corrected chi connectivity index (χ4v) is 2.50. The predicted octanol–water partition coefficient (Wildman–Crippen LogP) is 3.93. The molecular formula is C17H20ClN3S. The van der Waals surface area contributed by atoms with Crippen LogP contribution < -0.4 is 10.6 Å². The first-order valence-corrected chi connectivity index (χ1v) is 7.86. The highest BCUT2D eigenvalue weighted by atomic mass is 35.5. The maximum Gasteiger partial charge on any atom is 0.170 e. The van der Waals surface area contributed by atoms with Crippen LogP contribution in [-0.2, 0) is 0 Å². The third-order valence-electron chi connectivity index (χ3n) is 3.37. The molecule has 2 N–H and O–H groups in total. The second-order valence-corrected chi connectivity index (χ2v) is 6.08. The van der Waals surface area contributed by atoms with Gasteiger partial charge in [-0.15, -0.1) is 0 Å². The lowest BCUT2D eigenvalue weighted by Crippen LogP contribution is -2.36. The minimum absolute atomic E-state index is 0.256. The number of hydrogen-bond donors (Lipinski definition) is 2. The van der Waals surface area contributed by atoms with Gasteiger partial charge >= 0.3 is 0 Å². The SMILES string of the molecule is CN(C)C(CNC(=S)Nc1ccc(Cl)cc1)c1ccccc1. The summed E-state index contributed by atoms with van der Waals surface area (Å²) in [4.78, 5) is 2.17. The van der Waals surface area contributed by atoms with Crippen molar-refractivity contribution in [3.8, 4) is 0 Å². The standard InChI is InChI=1S/C17H20ClN3S/c1-21(2)16(13-6-4-3-5-7-13)12-19-17(22)20-15-10-8-14(18)9-11-15/h3-11,16H,12H2,1-2H3,(H2,19,20,22). The molecule has 0 spiro atoms. The lowest BCUT2D eigenvalue weighted by molar-refractivity contribution is 0.299. The van der Waals surface area contributed by atoms with E-state index >= 15 is 0 Å². The predicted molar refractivity (Wildman–Crippen MR) is 98.5 cm³/mol. The van der Waals surface area contributed by atoms with Crippen LogP contribution in [0.4, 0.5) is 5.69 Å². The Kier molecular flexibility index (Phi) is 6.19. The van der Waals surface area contributed by atoms with Gasteiger partial charge in [0.05, 0.1) is 6.04 Å². The monoisotopic (exact) mass is 333 g/mol. The summed E-state index contributed by atoms with van der Waals surface area (Å²) in [5, 5.41) is 7.74. The maximum absolute atomic E-state index is 5.87. The average molecular weight is 334 g/mol. The zero-order valence-corrected chi connectivity index (χ0v) is 14.3. The molecule has 22 heavy (non-hydrogen) atoms. The Bertz CT molecular complexity index is 599. The van der Waals surface area contributed by atoms with Gasteiger partial charge in [-0.05, 0) is 56.1 Å². The Morgan fingerprint density at radius 2 is 1.73 bits per heavy atom. The van der Waals surface area contributed by atoms with Crippen molar-refractivity contribution in [1.29, 1.82) is 0 Å². The first kappa shape index (κ1) is 16.7. The van der Waals surface area contributed by atoms with E-state index in [2.05, 4.69) is 53.9 Å². The van der Waals surface area contributed by atoms with Gasteiger partial charge in [-0.2, -0.15) is 0 Å². The Hall–Kier alpha value is -1.62. The molecule has 0 amide bonds. The number of rotatable bonds is 5. The number of likely N-dealkylation sites (N-methyl/N-ethyl adjacent to an activating group) is 1. The van der Waals surface area contributed by atoms with E-state index < -0.39 is 0 Å². The van der Waals surface area contributed by atoms with Gasteiger partial charge in [0.15, 0.2) is 5.11 Å². The number of anilines is 1. The van der Waals surface area contributed by atoms with E-state index in [1.165, 1.54) is 5.56 Å². The summed E-state index contributed by atoms with van der Waals surface area (Å²) in [5.74, 6) is 0. The van der Waals surface area contributed by atoms with Crippen LogP contribution in [0.2, 0.25) is 5.02 Å². The van der Waals surface area contributed by atoms with Crippen LogP contribution in [0.3, 0.4) is 0 Å². The quantitative estimate of drug-likeness (QED) is 0.811. The summed E-state index contributed by atoms with van der Waals surface area (Å²) in [6.07, 6.45) is 0. The zero-order chi connectivity index (χ0) is 15.9. The van der Waals surface area contributed by atoms with Crippen LogP contribution in [0, 0.1) is 0 Å². The van der Waals surface area contributed by atoms with E-state index in [0.29, 0.717) is 10.1 Å². The molecule has 116 valence electrons. The average Bonchev–Trinajstić information content (AvgIpc) is 2.50. The van der Waals surface area contributed by atoms with E-state index in [1.807, 2.05) is 30.3 Å². The van der Waals surface area contributed by atoms with Crippen molar-refractivity contribution >= 4 is 34.6 Å². The highest BCUT2D eigenvalue weighted by molar-refractivity contribution is 7.80. The molecule has 5 heteroatoms. The normalized spacial score (nSPS) is 12.0. The van der Waals surface area contributed by atoms with Crippen LogP contribution in [0.1, 0.15) is 11.6 Å². The molecule has 0 saturated carbocycles. The molecule has 0 heterocycles. The molecule has 2 aromatic carbocycles. The minimum Gasteiger partial charge on any atom is -0.361 e. The molecule has 0 fully saturated rings. The first-order valence-electron chi connectivity index (χ1n) is 7.08. The summed E-state index contributed by atoms with van der Waals surface area (Å²) in [7, 11) is 4.13. The zero-order valence-electron chi connectivity index (χ0n) is 12.7. The fourth-order valence-electron chi connectivity index (χ4n) is 2.17. The van der Waals surface area contributed by atoms with Crippen LogP contribution in [-0.4, -0.2) is 30.7 Å². The summed E-state index contributed by atoms with van der Waals surface area (Å²) in [5.41, 5.74) is 2.18. The molecule has 0 aliphatic rings. The third kappa shape index (κ3) is 4.98. The third-order valence-corrected chi connectivity index (χ3v) is 3.86. The molecular weight excluding hydrogens is 314 g/mol. The second kappa shape index (κ2) is 8.13. The van der Waals surface area contributed by atoms with Crippen molar-refractivity contribution in [1.82, 2.24) is 10.2 Å². The highest BCUT2D eigenvalue weighted by Gasteiger charge is 2.13. The van der Waals surface area contributed by atoms with Gasteiger partial charge < -0.3 is 15.5 Å². The summed E-state index contributed by atoms with van der Waals surface area (Å²) in [6.45, 7) is 0.733. The molecule has 0 bridgehead atoms. The summed E-state index contributed by atoms with van der Waals surface area (Å²) in [6, 6.07) is 18.1. The van der Waals surface area contributed by atoms with E-state index in [1.54, 1.807) is 0 Å². The van der Waals surface area contributed by atoms with E-state index in [0.717, 1.165) is 12.2 Å². The highest BCUT2D eigenvalue weighted by Crippen LogP contribution is 2.17. The lowest BCUT2D eigenvalue weighted by atomic mass is 10.1. The molecule has 0 aliphatic heterocycles. The van der Waals surface area contributed by atoms with Crippen LogP contribution in [0.5, 0.6) is 0 Å². The van der Waals surface area contributed by atoms with Crippen molar-refractivity contribution in [3.63, 3.8) is 0 Å². The van der Waals surface area contributed by atoms with Crippen molar-refractivity contribution in [2.75, 3.05) is 26.0 Å². The van der Waals surface area contributed by atoms with Crippen LogP contribution >= 0.6 is 23.8 Å². The topological polar surface area (TPSA) is 27.3 Å². The van der Waals surface area contributed by atoms with E-state index in [4.69, 9.17) is 23.8 Å². The van der Waals surface area contributed by atoms with Gasteiger partial charge in [-0.1, -0.05) is 41.9 Å². The van der Waals surface area contributed by atoms with Crippen molar-refractivity contribution < 1.29 is 0 Å². The molecule has 3 nitrogen and oxygen atoms in total. The molecule has 0 saturated heterocycles. The number of benzene rings is 2. The van der Waals surface area contributed by atoms with Gasteiger partial charge in [-0.25, -0.2) is 0 Å². The summed E-state index contributed by atoms with van der Waals surface area (Å²) >= 11 is 11.2. The minimum atomic E-state index is 0.256. The number of nitrogens with one attached hydrogen (secondary N) is 2. The maximum atomic E-state index is 5.87. The molecule has 2 rings (SSSR count). The Morgan fingerprint density at radius 3 is 2.32 bits per heavy atom. The Morgan fingerprint density at radius 1 is 1.09 bits per heavy atom. The molecule has 0 radical (unpaired) electrons. The first-order chi connectivity index (χ1) is 10.6. The fraction of sp³-hybridized carbons (Fsp3) is 0.235. The number of nitrogens with zero attached hydrogens (tertiary/aromatic N) is 1. The molecule has 0 aliphatic carbocycles. The van der Waals surface area contributed by atoms with Gasteiger partial charge in [0.1, 0.15) is 0 Å². The van der Waals surface area contributed by atoms with Crippen molar-refractivity contribution in [2.45, 2.75) is 6.04 Å². The largest absolute Gasteiger partial charge is 0.361 e. The number of halogens is 1. The van der Waals surface area contributed by atoms with Crippen LogP contribution in [0.25, 0.3) is 0 Å². The number of hydrogen-bond acceptors (Lipinski definition) is 2. The molecule has 2 aromatic rings. The molecule has 1 atom stereocenters. The van der Waals surface area contributed by atoms with Gasteiger partial charge in [-0.3, -0.25) is 0 Å². The molecule has 0 aromatic heterocycles. The second-order valence-electron chi connectivity index (χ2n) is 5.23.